The molecule has 0 aliphatic heterocycles. The molecule has 0 saturated heterocycles. The molecule has 2 unspecified atom stereocenters. The Morgan fingerprint density at radius 1 is 1.46 bits per heavy atom. The summed E-state index contributed by atoms with van der Waals surface area (Å²) < 4.78 is 87.6. The highest BCUT2D eigenvalue weighted by Crippen LogP contribution is 2.37. The normalized spacial score (nSPS) is 27.2. The van der Waals surface area contributed by atoms with Crippen molar-refractivity contribution in [1.82, 2.24) is 0 Å². The minimum absolute atomic E-state index is 0.203. The third kappa shape index (κ3) is 4.88. The Kier molecular flexibility index (Phi) is 6.02. The Balaban J connectivity index is 3.14. The lowest BCUT2D eigenvalue weighted by Gasteiger charge is -2.31. The average molecular weight is 378 g/mol. The van der Waals surface area contributed by atoms with Crippen LogP contribution in [0.3, 0.4) is 0 Å². The largest absolute Gasteiger partial charge is 0.391 e. The Morgan fingerprint density at radius 3 is 2.46 bits per heavy atom. The fourth-order valence-corrected chi connectivity index (χ4v) is 2.75. The van der Waals surface area contributed by atoms with Gasteiger partial charge in [-0.1, -0.05) is 6.92 Å². The smallest absolute Gasteiger partial charge is 0.389 e. The molecule has 1 saturated carbocycles. The Morgan fingerprint density at radius 2 is 2.00 bits per heavy atom. The predicted octanol–water partition coefficient (Wildman–Crippen LogP) is 2.02. The number of nitrogens with two attached hydrogens (primary N) is 1. The molecule has 140 valence electrons. The van der Waals surface area contributed by atoms with Gasteiger partial charge in [-0.05, 0) is 12.8 Å². The molecule has 24 heavy (non-hydrogen) atoms. The Labute approximate surface area is 136 Å². The molecule has 3 N–H and O–H groups in total. The van der Waals surface area contributed by atoms with E-state index in [0.29, 0.717) is 6.26 Å². The zero-order valence-corrected chi connectivity index (χ0v) is 13.9. The van der Waals surface area contributed by atoms with Gasteiger partial charge in [-0.15, -0.1) is 0 Å². The van der Waals surface area contributed by atoms with E-state index in [1.54, 1.807) is 0 Å². The summed E-state index contributed by atoms with van der Waals surface area (Å²) in [7, 11) is -4.08. The summed E-state index contributed by atoms with van der Waals surface area (Å²) in [5.41, 5.74) is 4.43. The van der Waals surface area contributed by atoms with Gasteiger partial charge in [0.05, 0.1) is 5.92 Å². The van der Waals surface area contributed by atoms with E-state index in [2.05, 4.69) is 4.99 Å². The monoisotopic (exact) mass is 378 g/mol. The van der Waals surface area contributed by atoms with E-state index in [9.17, 15) is 35.5 Å². The van der Waals surface area contributed by atoms with E-state index < -0.39 is 63.8 Å². The minimum atomic E-state index is -4.41. The number of halogens is 5. The number of rotatable bonds is 4. The van der Waals surface area contributed by atoms with E-state index in [-0.39, 0.29) is 12.3 Å². The number of aliphatic hydroxyl groups excluding tert-OH is 1. The van der Waals surface area contributed by atoms with Crippen LogP contribution < -0.4 is 5.73 Å². The first-order valence-electron chi connectivity index (χ1n) is 7.04. The Hall–Kier alpha value is -1.23. The van der Waals surface area contributed by atoms with Crippen LogP contribution in [0.25, 0.3) is 0 Å². The van der Waals surface area contributed by atoms with Crippen LogP contribution in [0.5, 0.6) is 0 Å². The maximum atomic E-state index is 13.6. The number of hydrogen-bond acceptors (Lipinski definition) is 5. The van der Waals surface area contributed by atoms with Gasteiger partial charge in [0.2, 0.25) is 0 Å². The lowest BCUT2D eigenvalue weighted by atomic mass is 9.87. The quantitative estimate of drug-likeness (QED) is 0.732. The summed E-state index contributed by atoms with van der Waals surface area (Å²) >= 11 is 0. The van der Waals surface area contributed by atoms with Gasteiger partial charge in [0.25, 0.3) is 5.92 Å². The number of aliphatic hydroxyl groups is 1. The molecule has 0 amide bonds. The summed E-state index contributed by atoms with van der Waals surface area (Å²) in [5.74, 6) is -5.25. The zero-order chi connectivity index (χ0) is 18.9. The number of aliphatic imine (C=N–C) groups is 1. The molecule has 1 aliphatic rings. The van der Waals surface area contributed by atoms with Crippen molar-refractivity contribution in [2.75, 3.05) is 12.8 Å². The second kappa shape index (κ2) is 6.95. The van der Waals surface area contributed by atoms with Crippen molar-refractivity contribution in [2.45, 2.75) is 44.4 Å². The average Bonchev–Trinajstić information content (AvgIpc) is 2.40. The third-order valence-corrected chi connectivity index (χ3v) is 4.79. The van der Waals surface area contributed by atoms with Crippen molar-refractivity contribution in [2.24, 2.45) is 16.6 Å². The summed E-state index contributed by atoms with van der Waals surface area (Å²) in [5, 5.41) is 8.78. The van der Waals surface area contributed by atoms with Crippen molar-refractivity contribution >= 4 is 15.5 Å². The van der Waals surface area contributed by atoms with Crippen LogP contribution in [-0.4, -0.2) is 50.2 Å². The van der Waals surface area contributed by atoms with Gasteiger partial charge in [-0.3, -0.25) is 4.99 Å². The second-order valence-electron chi connectivity index (χ2n) is 5.77. The van der Waals surface area contributed by atoms with E-state index in [4.69, 9.17) is 5.73 Å². The molecule has 0 spiro atoms. The SMILES string of the molecule is CC(CCN=C1CCC(F)(F)C(O)/C1=C(/N)S(C)(=O)=O)C(F)(F)F. The lowest BCUT2D eigenvalue weighted by Crippen LogP contribution is -2.44. The molecule has 0 aromatic carbocycles. The highest BCUT2D eigenvalue weighted by Gasteiger charge is 2.47. The van der Waals surface area contributed by atoms with E-state index >= 15 is 0 Å². The summed E-state index contributed by atoms with van der Waals surface area (Å²) in [4.78, 5) is 3.79. The van der Waals surface area contributed by atoms with Crippen molar-refractivity contribution < 1.29 is 35.5 Å². The molecule has 0 heterocycles. The standard InChI is InChI=1S/C13H19F5N2O3S/c1-7(13(16,17)18)4-6-20-8-3-5-12(14,15)10(21)9(8)11(19)24(2,22)23/h7,10,21H,3-6,19H2,1-2H3/b11-9-,20-8?. The number of alkyl halides is 5. The number of hydrogen-bond donors (Lipinski definition) is 2. The summed E-state index contributed by atoms with van der Waals surface area (Å²) in [6, 6.07) is 0. The van der Waals surface area contributed by atoms with Gasteiger partial charge < -0.3 is 10.8 Å². The van der Waals surface area contributed by atoms with Crippen molar-refractivity contribution in [3.63, 3.8) is 0 Å². The van der Waals surface area contributed by atoms with Crippen LogP contribution >= 0.6 is 0 Å². The van der Waals surface area contributed by atoms with E-state index in [1.807, 2.05) is 0 Å². The van der Waals surface area contributed by atoms with Gasteiger partial charge in [0.1, 0.15) is 11.1 Å². The van der Waals surface area contributed by atoms with E-state index in [0.717, 1.165) is 6.92 Å². The highest BCUT2D eigenvalue weighted by atomic mass is 32.2. The van der Waals surface area contributed by atoms with Crippen LogP contribution in [0.4, 0.5) is 22.0 Å². The fraction of sp³-hybridized carbons (Fsp3) is 0.769. The van der Waals surface area contributed by atoms with Crippen LogP contribution in [0.15, 0.2) is 15.6 Å². The molecule has 1 aliphatic carbocycles. The van der Waals surface area contributed by atoms with E-state index in [1.165, 1.54) is 0 Å². The third-order valence-electron chi connectivity index (χ3n) is 3.77. The Bertz CT molecular complexity index is 640. The van der Waals surface area contributed by atoms with Gasteiger partial charge in [-0.2, -0.15) is 13.2 Å². The maximum absolute atomic E-state index is 13.6. The van der Waals surface area contributed by atoms with Gasteiger partial charge in [0.15, 0.2) is 9.84 Å². The second-order valence-corrected chi connectivity index (χ2v) is 7.76. The summed E-state index contributed by atoms with van der Waals surface area (Å²) in [6.07, 6.45) is -7.80. The van der Waals surface area contributed by atoms with Crippen LogP contribution in [-0.2, 0) is 9.84 Å². The first-order valence-corrected chi connectivity index (χ1v) is 8.93. The topological polar surface area (TPSA) is 92.8 Å². The molecule has 0 aromatic rings. The predicted molar refractivity (Wildman–Crippen MR) is 78.4 cm³/mol. The molecule has 1 fully saturated rings. The molecule has 0 bridgehead atoms. The minimum Gasteiger partial charge on any atom is -0.389 e. The van der Waals surface area contributed by atoms with Crippen molar-refractivity contribution in [3.05, 3.63) is 10.6 Å². The van der Waals surface area contributed by atoms with Gasteiger partial charge >= 0.3 is 6.18 Å². The van der Waals surface area contributed by atoms with Gasteiger partial charge in [0, 0.05) is 30.5 Å². The first-order chi connectivity index (χ1) is 10.7. The molecular formula is C13H19F5N2O3S. The molecular weight excluding hydrogens is 359 g/mol. The summed E-state index contributed by atoms with van der Waals surface area (Å²) in [6.45, 7) is 0.598. The van der Waals surface area contributed by atoms with Crippen LogP contribution in [0.1, 0.15) is 26.2 Å². The molecule has 5 nitrogen and oxygen atoms in total. The van der Waals surface area contributed by atoms with Crippen molar-refractivity contribution in [3.8, 4) is 0 Å². The highest BCUT2D eigenvalue weighted by molar-refractivity contribution is 7.94. The molecule has 0 aromatic heterocycles. The number of nitrogens with zero attached hydrogens (tertiary/aromatic N) is 1. The fourth-order valence-electron chi connectivity index (χ4n) is 2.12. The number of sulfone groups is 1. The first kappa shape index (κ1) is 20.8. The van der Waals surface area contributed by atoms with Crippen LogP contribution in [0, 0.1) is 5.92 Å². The van der Waals surface area contributed by atoms with Crippen LogP contribution in [0.2, 0.25) is 0 Å². The van der Waals surface area contributed by atoms with Gasteiger partial charge in [-0.25, -0.2) is 17.2 Å². The molecule has 11 heteroatoms. The maximum Gasteiger partial charge on any atom is 0.391 e. The molecule has 0 radical (unpaired) electrons. The molecule has 2 atom stereocenters. The van der Waals surface area contributed by atoms with Crippen molar-refractivity contribution in [1.29, 1.82) is 0 Å². The lowest BCUT2D eigenvalue weighted by molar-refractivity contribution is -0.170. The zero-order valence-electron chi connectivity index (χ0n) is 13.1. The molecule has 1 rings (SSSR count).